The summed E-state index contributed by atoms with van der Waals surface area (Å²) < 4.78 is 5.56. The van der Waals surface area contributed by atoms with Crippen LogP contribution in [-0.4, -0.2) is 26.1 Å². The lowest BCUT2D eigenvalue weighted by molar-refractivity contribution is 0.102. The molecule has 4 rings (SSSR count). The molecule has 4 aromatic rings. The summed E-state index contributed by atoms with van der Waals surface area (Å²) >= 11 is 0. The van der Waals surface area contributed by atoms with Crippen molar-refractivity contribution in [2.45, 2.75) is 0 Å². The highest BCUT2D eigenvalue weighted by molar-refractivity contribution is 6.04. The quantitative estimate of drug-likeness (QED) is 0.580. The van der Waals surface area contributed by atoms with Crippen molar-refractivity contribution in [3.8, 4) is 11.6 Å². The maximum absolute atomic E-state index is 12.4. The molecule has 0 unspecified atom stereocenters. The smallest absolute Gasteiger partial charge is 0.280 e. The van der Waals surface area contributed by atoms with Crippen LogP contribution >= 0.6 is 0 Å². The minimum absolute atomic E-state index is 0.199. The van der Waals surface area contributed by atoms with Crippen LogP contribution in [0.2, 0.25) is 0 Å². The first kappa shape index (κ1) is 16.4. The third-order valence-corrected chi connectivity index (χ3v) is 3.78. The fraction of sp³-hybridized carbons (Fsp3) is 0. The molecule has 132 valence electrons. The van der Waals surface area contributed by atoms with Crippen LogP contribution < -0.4 is 15.5 Å². The minimum atomic E-state index is -0.591. The van der Waals surface area contributed by atoms with Gasteiger partial charge in [-0.25, -0.2) is 9.97 Å². The Balaban J connectivity index is 1.51. The van der Waals surface area contributed by atoms with E-state index in [2.05, 4.69) is 25.5 Å². The number of fused-ring (bicyclic) bond motifs is 1. The van der Waals surface area contributed by atoms with E-state index in [9.17, 15) is 9.59 Å². The molecule has 0 spiro atoms. The first-order valence-corrected chi connectivity index (χ1v) is 8.03. The van der Waals surface area contributed by atoms with Gasteiger partial charge in [-0.05, 0) is 36.4 Å². The van der Waals surface area contributed by atoms with Crippen molar-refractivity contribution < 1.29 is 9.53 Å². The number of hydrogen-bond donors (Lipinski definition) is 2. The van der Waals surface area contributed by atoms with E-state index in [0.29, 0.717) is 28.2 Å². The second kappa shape index (κ2) is 7.04. The zero-order valence-corrected chi connectivity index (χ0v) is 13.9. The van der Waals surface area contributed by atoms with Gasteiger partial charge in [0.05, 0.1) is 5.52 Å². The number of anilines is 1. The molecule has 0 saturated heterocycles. The van der Waals surface area contributed by atoms with Gasteiger partial charge in [0, 0.05) is 23.3 Å². The zero-order chi connectivity index (χ0) is 18.6. The Hall–Kier alpha value is -4.07. The van der Waals surface area contributed by atoms with E-state index in [-0.39, 0.29) is 5.69 Å². The summed E-state index contributed by atoms with van der Waals surface area (Å²) in [6.07, 6.45) is 2.96. The first-order valence-electron chi connectivity index (χ1n) is 8.03. The number of hydrogen-bond acceptors (Lipinski definition) is 6. The van der Waals surface area contributed by atoms with Crippen LogP contribution in [0.4, 0.5) is 5.69 Å². The standard InChI is InChI=1S/C19H13N5O3/c25-18-14-3-1-2-4-15(14)23-24-17(18)19(26)22-12-5-7-13(8-6-12)27-16-9-10-20-11-21-16/h1-11H,(H,22,26)(H,23,25). The van der Waals surface area contributed by atoms with Crippen molar-refractivity contribution in [2.75, 3.05) is 5.32 Å². The van der Waals surface area contributed by atoms with Crippen LogP contribution in [0.25, 0.3) is 10.9 Å². The monoisotopic (exact) mass is 359 g/mol. The number of benzene rings is 2. The lowest BCUT2D eigenvalue weighted by atomic mass is 10.2. The van der Waals surface area contributed by atoms with E-state index >= 15 is 0 Å². The van der Waals surface area contributed by atoms with Gasteiger partial charge in [-0.2, -0.15) is 5.10 Å². The molecule has 1 amide bonds. The predicted octanol–water partition coefficient (Wildman–Crippen LogP) is 2.76. The van der Waals surface area contributed by atoms with Gasteiger partial charge in [0.15, 0.2) is 5.69 Å². The van der Waals surface area contributed by atoms with Crippen molar-refractivity contribution >= 4 is 22.5 Å². The Morgan fingerprint density at radius 3 is 2.63 bits per heavy atom. The highest BCUT2D eigenvalue weighted by Crippen LogP contribution is 2.21. The summed E-state index contributed by atoms with van der Waals surface area (Å²) in [6.45, 7) is 0. The van der Waals surface area contributed by atoms with Crippen LogP contribution in [-0.2, 0) is 0 Å². The Bertz CT molecular complexity index is 1160. The molecule has 2 aromatic heterocycles. The second-order valence-electron chi connectivity index (χ2n) is 5.58. The fourth-order valence-corrected chi connectivity index (χ4v) is 2.48. The van der Waals surface area contributed by atoms with Gasteiger partial charge in [-0.1, -0.05) is 12.1 Å². The lowest BCUT2D eigenvalue weighted by Gasteiger charge is -2.07. The number of carbonyl (C=O) groups is 1. The topological polar surface area (TPSA) is 110 Å². The van der Waals surface area contributed by atoms with E-state index in [1.54, 1.807) is 60.8 Å². The molecule has 8 nitrogen and oxygen atoms in total. The van der Waals surface area contributed by atoms with Gasteiger partial charge < -0.3 is 10.1 Å². The summed E-state index contributed by atoms with van der Waals surface area (Å²) in [4.78, 5) is 32.6. The molecule has 0 fully saturated rings. The van der Waals surface area contributed by atoms with E-state index in [1.165, 1.54) is 6.33 Å². The van der Waals surface area contributed by atoms with Gasteiger partial charge in [0.1, 0.15) is 12.1 Å². The molecule has 27 heavy (non-hydrogen) atoms. The van der Waals surface area contributed by atoms with Crippen molar-refractivity contribution in [3.63, 3.8) is 0 Å². The van der Waals surface area contributed by atoms with Crippen molar-refractivity contribution in [3.05, 3.63) is 83.0 Å². The molecule has 0 atom stereocenters. The number of carbonyl (C=O) groups excluding carboxylic acids is 1. The molecular weight excluding hydrogens is 346 g/mol. The van der Waals surface area contributed by atoms with Crippen molar-refractivity contribution in [2.24, 2.45) is 0 Å². The van der Waals surface area contributed by atoms with Crippen LogP contribution in [0.15, 0.2) is 71.9 Å². The number of aromatic nitrogens is 4. The molecule has 0 aliphatic rings. The van der Waals surface area contributed by atoms with Gasteiger partial charge in [0.25, 0.3) is 5.91 Å². The molecule has 2 aromatic carbocycles. The predicted molar refractivity (Wildman–Crippen MR) is 98.9 cm³/mol. The van der Waals surface area contributed by atoms with Gasteiger partial charge in [-0.15, -0.1) is 0 Å². The van der Waals surface area contributed by atoms with E-state index in [0.717, 1.165) is 0 Å². The third kappa shape index (κ3) is 3.49. The highest BCUT2D eigenvalue weighted by Gasteiger charge is 2.15. The molecule has 0 aliphatic heterocycles. The number of para-hydroxylation sites is 1. The Morgan fingerprint density at radius 2 is 1.85 bits per heavy atom. The van der Waals surface area contributed by atoms with Crippen LogP contribution in [0, 0.1) is 0 Å². The summed E-state index contributed by atoms with van der Waals surface area (Å²) in [5.41, 5.74) is 0.454. The van der Waals surface area contributed by atoms with Crippen LogP contribution in [0.5, 0.6) is 11.6 Å². The summed E-state index contributed by atoms with van der Waals surface area (Å²) in [7, 11) is 0. The first-order chi connectivity index (χ1) is 13.2. The molecule has 0 aliphatic carbocycles. The van der Waals surface area contributed by atoms with E-state index in [4.69, 9.17) is 4.74 Å². The minimum Gasteiger partial charge on any atom is -0.439 e. The average Bonchev–Trinajstić information content (AvgIpc) is 2.71. The van der Waals surface area contributed by atoms with Gasteiger partial charge in [0.2, 0.25) is 11.3 Å². The van der Waals surface area contributed by atoms with Gasteiger partial charge in [-0.3, -0.25) is 14.7 Å². The van der Waals surface area contributed by atoms with E-state index in [1.807, 2.05) is 0 Å². The summed E-state index contributed by atoms with van der Waals surface area (Å²) in [6, 6.07) is 15.2. The van der Waals surface area contributed by atoms with Gasteiger partial charge >= 0.3 is 0 Å². The number of amides is 1. The average molecular weight is 359 g/mol. The number of ether oxygens (including phenoxy) is 1. The number of H-pyrrole nitrogens is 1. The molecule has 8 heteroatoms. The van der Waals surface area contributed by atoms with Crippen LogP contribution in [0.1, 0.15) is 10.5 Å². The number of nitrogens with one attached hydrogen (secondary N) is 2. The molecular formula is C19H13N5O3. The molecule has 0 saturated carbocycles. The third-order valence-electron chi connectivity index (χ3n) is 3.78. The molecule has 2 N–H and O–H groups in total. The summed E-state index contributed by atoms with van der Waals surface area (Å²) in [5.74, 6) is 0.369. The maximum atomic E-state index is 12.4. The molecule has 2 heterocycles. The lowest BCUT2D eigenvalue weighted by Crippen LogP contribution is -2.24. The Labute approximate surface area is 152 Å². The normalized spacial score (nSPS) is 10.5. The molecule has 0 bridgehead atoms. The Morgan fingerprint density at radius 1 is 1.04 bits per heavy atom. The van der Waals surface area contributed by atoms with Crippen molar-refractivity contribution in [1.82, 2.24) is 20.2 Å². The zero-order valence-electron chi connectivity index (χ0n) is 13.9. The number of aromatic amines is 1. The molecule has 0 radical (unpaired) electrons. The maximum Gasteiger partial charge on any atom is 0.280 e. The van der Waals surface area contributed by atoms with Crippen LogP contribution in [0.3, 0.4) is 0 Å². The SMILES string of the molecule is O=C(Nc1ccc(Oc2ccncn2)cc1)c1n[nH]c2ccccc2c1=O. The van der Waals surface area contributed by atoms with E-state index < -0.39 is 11.3 Å². The second-order valence-corrected chi connectivity index (χ2v) is 5.58. The highest BCUT2D eigenvalue weighted by atomic mass is 16.5. The fourth-order valence-electron chi connectivity index (χ4n) is 2.48. The Kier molecular flexibility index (Phi) is 4.28. The largest absolute Gasteiger partial charge is 0.439 e. The van der Waals surface area contributed by atoms with Crippen molar-refractivity contribution in [1.29, 1.82) is 0 Å². The summed E-state index contributed by atoms with van der Waals surface area (Å²) in [5, 5.41) is 9.67. The number of rotatable bonds is 4. The number of nitrogens with zero attached hydrogens (tertiary/aromatic N) is 3.